The summed E-state index contributed by atoms with van der Waals surface area (Å²) in [6.07, 6.45) is 0. The van der Waals surface area contributed by atoms with Crippen LogP contribution in [0.3, 0.4) is 0 Å². The minimum absolute atomic E-state index is 1.10. The Morgan fingerprint density at radius 2 is 0.672 bits per heavy atom. The summed E-state index contributed by atoms with van der Waals surface area (Å²) in [5.74, 6) is 0. The van der Waals surface area contributed by atoms with Crippen LogP contribution in [-0.4, -0.2) is 4.57 Å². The zero-order chi connectivity index (χ0) is 42.1. The molecule has 10 aromatic carbocycles. The topological polar surface area (TPSA) is 8.17 Å². The zero-order valence-corrected chi connectivity index (χ0v) is 35.0. The first kappa shape index (κ1) is 36.2. The van der Waals surface area contributed by atoms with Gasteiger partial charge < -0.3 is 9.47 Å². The highest BCUT2D eigenvalue weighted by molar-refractivity contribution is 6.19. The van der Waals surface area contributed by atoms with Gasteiger partial charge >= 0.3 is 0 Å². The molecular weight excluding hydrogens is 773 g/mol. The van der Waals surface area contributed by atoms with Crippen molar-refractivity contribution in [2.24, 2.45) is 0 Å². The Morgan fingerprint density at radius 3 is 1.28 bits per heavy atom. The predicted molar refractivity (Wildman–Crippen MR) is 269 cm³/mol. The third-order valence-electron chi connectivity index (χ3n) is 13.3. The summed E-state index contributed by atoms with van der Waals surface area (Å²) >= 11 is 0. The second-order valence-corrected chi connectivity index (χ2v) is 16.8. The fourth-order valence-electron chi connectivity index (χ4n) is 10.4. The SMILES string of the molecule is c1ccc(-c2ccc(N(c3ccc(-c4ccc5c(c4)c4ccccc4n5-c4ccccc4)cc3)c3ccc4c(c3)C(=C3c5ccccc5-c5ccccc53)c3ccccc3-4)cc2)cc1. The van der Waals surface area contributed by atoms with E-state index in [4.69, 9.17) is 0 Å². The van der Waals surface area contributed by atoms with Crippen LogP contribution >= 0.6 is 0 Å². The van der Waals surface area contributed by atoms with Crippen LogP contribution in [0.4, 0.5) is 17.1 Å². The Bertz CT molecular complexity index is 3580. The highest BCUT2D eigenvalue weighted by atomic mass is 15.1. The molecule has 0 bridgehead atoms. The molecule has 0 spiro atoms. The average Bonchev–Trinajstić information content (AvgIpc) is 4.00. The van der Waals surface area contributed by atoms with Gasteiger partial charge in [0.05, 0.1) is 11.0 Å². The van der Waals surface area contributed by atoms with Crippen molar-refractivity contribution in [2.75, 3.05) is 4.90 Å². The van der Waals surface area contributed by atoms with Crippen molar-refractivity contribution in [3.8, 4) is 50.2 Å². The Hall–Kier alpha value is -8.46. The van der Waals surface area contributed by atoms with E-state index in [-0.39, 0.29) is 0 Å². The van der Waals surface area contributed by atoms with Crippen LogP contribution in [0.15, 0.2) is 243 Å². The van der Waals surface area contributed by atoms with Crippen molar-refractivity contribution in [3.63, 3.8) is 0 Å². The van der Waals surface area contributed by atoms with Crippen LogP contribution < -0.4 is 4.90 Å². The first-order chi connectivity index (χ1) is 31.8. The van der Waals surface area contributed by atoms with Gasteiger partial charge in [0, 0.05) is 33.5 Å². The zero-order valence-electron chi connectivity index (χ0n) is 35.0. The molecule has 0 radical (unpaired) electrons. The van der Waals surface area contributed by atoms with Gasteiger partial charge in [0.25, 0.3) is 0 Å². The predicted octanol–water partition coefficient (Wildman–Crippen LogP) is 16.6. The molecule has 0 saturated heterocycles. The van der Waals surface area contributed by atoms with Crippen LogP contribution in [0.2, 0.25) is 0 Å². The molecule has 0 saturated carbocycles. The fourth-order valence-corrected chi connectivity index (χ4v) is 10.4. The fraction of sp³-hybridized carbons (Fsp3) is 0. The molecule has 2 heteroatoms. The van der Waals surface area contributed by atoms with Crippen LogP contribution in [0.5, 0.6) is 0 Å². The molecule has 11 aromatic rings. The van der Waals surface area contributed by atoms with Gasteiger partial charge in [-0.1, -0.05) is 176 Å². The molecule has 0 unspecified atom stereocenters. The van der Waals surface area contributed by atoms with Gasteiger partial charge in [0.15, 0.2) is 0 Å². The summed E-state index contributed by atoms with van der Waals surface area (Å²) < 4.78 is 2.37. The van der Waals surface area contributed by atoms with Crippen molar-refractivity contribution in [1.29, 1.82) is 0 Å². The molecule has 1 heterocycles. The van der Waals surface area contributed by atoms with Crippen LogP contribution in [-0.2, 0) is 0 Å². The number of rotatable bonds is 6. The minimum Gasteiger partial charge on any atom is -0.310 e. The van der Waals surface area contributed by atoms with E-state index in [1.807, 2.05) is 0 Å². The monoisotopic (exact) mass is 812 g/mol. The molecule has 2 nitrogen and oxygen atoms in total. The lowest BCUT2D eigenvalue weighted by molar-refractivity contribution is 1.18. The Balaban J connectivity index is 0.961. The normalized spacial score (nSPS) is 12.3. The molecule has 64 heavy (non-hydrogen) atoms. The van der Waals surface area contributed by atoms with Gasteiger partial charge in [0.1, 0.15) is 0 Å². The lowest BCUT2D eigenvalue weighted by Crippen LogP contribution is -2.10. The standard InChI is InChI=1S/C62H40N2/c1-3-15-41(16-4-1)42-27-32-46(33-28-42)63(47-34-29-43(30-35-47)44-31-38-60-57(39-44)53-22-13-14-26-59(53)64(60)45-17-5-2-6-18-45)48-36-37-52-51-21-9-12-25-56(51)62(58(52)40-48)61-54-23-10-7-19-49(54)50-20-8-11-24-55(50)61/h1-40H. The average molecular weight is 813 g/mol. The Morgan fingerprint density at radius 1 is 0.250 bits per heavy atom. The summed E-state index contributed by atoms with van der Waals surface area (Å²) in [6.45, 7) is 0. The maximum Gasteiger partial charge on any atom is 0.0541 e. The summed E-state index contributed by atoms with van der Waals surface area (Å²) in [6, 6.07) is 88.9. The van der Waals surface area contributed by atoms with Crippen molar-refractivity contribution in [3.05, 3.63) is 265 Å². The van der Waals surface area contributed by atoms with Crippen LogP contribution in [0.1, 0.15) is 22.3 Å². The molecular formula is C62H40N2. The largest absolute Gasteiger partial charge is 0.310 e. The smallest absolute Gasteiger partial charge is 0.0541 e. The van der Waals surface area contributed by atoms with E-state index >= 15 is 0 Å². The molecule has 0 atom stereocenters. The van der Waals surface area contributed by atoms with E-state index in [0.717, 1.165) is 17.1 Å². The van der Waals surface area contributed by atoms with E-state index in [1.54, 1.807) is 0 Å². The van der Waals surface area contributed by atoms with Gasteiger partial charge in [0.2, 0.25) is 0 Å². The second kappa shape index (κ2) is 14.6. The number of anilines is 3. The molecule has 0 N–H and O–H groups in total. The van der Waals surface area contributed by atoms with Crippen molar-refractivity contribution < 1.29 is 0 Å². The third-order valence-corrected chi connectivity index (χ3v) is 13.3. The number of hydrogen-bond donors (Lipinski definition) is 0. The van der Waals surface area contributed by atoms with Crippen molar-refractivity contribution in [2.45, 2.75) is 0 Å². The number of benzene rings is 10. The van der Waals surface area contributed by atoms with Gasteiger partial charge in [-0.2, -0.15) is 0 Å². The second-order valence-electron chi connectivity index (χ2n) is 16.8. The number of para-hydroxylation sites is 2. The van der Waals surface area contributed by atoms with Crippen molar-refractivity contribution in [1.82, 2.24) is 4.57 Å². The molecule has 0 fully saturated rings. The minimum atomic E-state index is 1.10. The first-order valence-electron chi connectivity index (χ1n) is 22.1. The van der Waals surface area contributed by atoms with E-state index in [2.05, 4.69) is 252 Å². The lowest BCUT2D eigenvalue weighted by Gasteiger charge is -2.27. The quantitative estimate of drug-likeness (QED) is 0.162. The Kier molecular flexibility index (Phi) is 8.25. The van der Waals surface area contributed by atoms with Gasteiger partial charge in [-0.3, -0.25) is 0 Å². The summed E-state index contributed by atoms with van der Waals surface area (Å²) in [4.78, 5) is 2.41. The first-order valence-corrected chi connectivity index (χ1v) is 22.1. The molecule has 2 aliphatic carbocycles. The van der Waals surface area contributed by atoms with Crippen molar-refractivity contribution >= 4 is 50.0 Å². The molecule has 1 aromatic heterocycles. The Labute approximate surface area is 372 Å². The highest BCUT2D eigenvalue weighted by Crippen LogP contribution is 2.55. The maximum absolute atomic E-state index is 2.43. The van der Waals surface area contributed by atoms with E-state index in [9.17, 15) is 0 Å². The van der Waals surface area contributed by atoms with Crippen LogP contribution in [0, 0.1) is 0 Å². The molecule has 0 amide bonds. The number of aromatic nitrogens is 1. The molecule has 2 aliphatic rings. The summed E-state index contributed by atoms with van der Waals surface area (Å²) in [7, 11) is 0. The summed E-state index contributed by atoms with van der Waals surface area (Å²) in [5.41, 5.74) is 24.5. The van der Waals surface area contributed by atoms with E-state index in [1.165, 1.54) is 105 Å². The molecule has 298 valence electrons. The molecule has 13 rings (SSSR count). The number of fused-ring (bicyclic) bond motifs is 9. The van der Waals surface area contributed by atoms with Gasteiger partial charge in [-0.15, -0.1) is 0 Å². The number of nitrogens with zero attached hydrogens (tertiary/aromatic N) is 2. The van der Waals surface area contributed by atoms with Gasteiger partial charge in [-0.25, -0.2) is 0 Å². The van der Waals surface area contributed by atoms with Gasteiger partial charge in [-0.05, 0) is 145 Å². The van der Waals surface area contributed by atoms with Crippen LogP contribution in [0.25, 0.3) is 83.1 Å². The van der Waals surface area contributed by atoms with E-state index in [0.29, 0.717) is 0 Å². The molecule has 0 aliphatic heterocycles. The summed E-state index contributed by atoms with van der Waals surface area (Å²) in [5, 5.41) is 2.50. The van der Waals surface area contributed by atoms with E-state index < -0.39 is 0 Å². The maximum atomic E-state index is 2.43. The highest BCUT2D eigenvalue weighted by Gasteiger charge is 2.33. The number of hydrogen-bond acceptors (Lipinski definition) is 1. The third kappa shape index (κ3) is 5.66. The lowest BCUT2D eigenvalue weighted by atomic mass is 9.91.